The fourth-order valence-corrected chi connectivity index (χ4v) is 5.71. The molecule has 2 aliphatic rings. The smallest absolute Gasteiger partial charge is 0.161 e. The van der Waals surface area contributed by atoms with Gasteiger partial charge in [0, 0.05) is 35.6 Å². The topological polar surface area (TPSA) is 24.9 Å². The molecule has 0 bridgehead atoms. The summed E-state index contributed by atoms with van der Waals surface area (Å²) in [5.41, 5.74) is 9.76. The minimum atomic E-state index is 0.550. The first-order chi connectivity index (χ1) is 19.2. The van der Waals surface area contributed by atoms with Gasteiger partial charge in [-0.2, -0.15) is 0 Å². The number of allylic oxidation sites excluding steroid dienone is 2. The van der Waals surface area contributed by atoms with Gasteiger partial charge in [-0.05, 0) is 77.9 Å². The van der Waals surface area contributed by atoms with E-state index in [2.05, 4.69) is 95.8 Å². The molecule has 0 unspecified atom stereocenters. The van der Waals surface area contributed by atoms with Crippen molar-refractivity contribution in [1.29, 1.82) is 0 Å². The highest BCUT2D eigenvalue weighted by molar-refractivity contribution is 5.56. The van der Waals surface area contributed by atoms with Crippen molar-refractivity contribution >= 4 is 11.4 Å². The second-order valence-corrected chi connectivity index (χ2v) is 10.3. The van der Waals surface area contributed by atoms with Crippen molar-refractivity contribution in [2.24, 2.45) is 0 Å². The van der Waals surface area contributed by atoms with Gasteiger partial charge in [0.05, 0.1) is 0 Å². The molecule has 4 aromatic rings. The first-order valence-corrected chi connectivity index (χ1v) is 13.6. The lowest BCUT2D eigenvalue weighted by molar-refractivity contribution is 0.286. The molecule has 2 aliphatic heterocycles. The molecule has 0 fully saturated rings. The molecule has 196 valence electrons. The second-order valence-electron chi connectivity index (χ2n) is 10.3. The van der Waals surface area contributed by atoms with Crippen LogP contribution in [0.4, 0.5) is 11.4 Å². The standard InChI is InChI=1S/C35H34N2O2/c1-3-11-28-18-26(20-30-22-36(24-38-34(28)30)32-13-7-5-8-14-32)17-27-19-29(12-4-2)35-31(21-27)23-37(25-39-35)33-15-9-6-10-16-33/h3-10,13-16,18-21H,1-2,11-12,17,22-25H2. The zero-order valence-electron chi connectivity index (χ0n) is 22.3. The monoisotopic (exact) mass is 514 g/mol. The van der Waals surface area contributed by atoms with Crippen LogP contribution < -0.4 is 19.3 Å². The van der Waals surface area contributed by atoms with E-state index in [0.29, 0.717) is 13.5 Å². The molecule has 6 rings (SSSR count). The third kappa shape index (κ3) is 5.28. The number of hydrogen-bond acceptors (Lipinski definition) is 4. The van der Waals surface area contributed by atoms with E-state index in [0.717, 1.165) is 43.9 Å². The van der Waals surface area contributed by atoms with Crippen molar-refractivity contribution in [3.05, 3.63) is 144 Å². The molecule has 0 saturated heterocycles. The van der Waals surface area contributed by atoms with Crippen LogP contribution >= 0.6 is 0 Å². The molecule has 39 heavy (non-hydrogen) atoms. The van der Waals surface area contributed by atoms with Crippen molar-refractivity contribution in [2.45, 2.75) is 32.4 Å². The molecule has 0 atom stereocenters. The molecule has 0 N–H and O–H groups in total. The summed E-state index contributed by atoms with van der Waals surface area (Å²) in [4.78, 5) is 4.56. The molecular formula is C35H34N2O2. The van der Waals surface area contributed by atoms with Crippen molar-refractivity contribution in [3.8, 4) is 11.5 Å². The molecule has 0 radical (unpaired) electrons. The molecule has 0 aromatic heterocycles. The Balaban J connectivity index is 1.32. The zero-order chi connectivity index (χ0) is 26.6. The second kappa shape index (κ2) is 11.1. The van der Waals surface area contributed by atoms with E-state index in [1.54, 1.807) is 0 Å². The van der Waals surface area contributed by atoms with Crippen LogP contribution in [0.15, 0.2) is 110 Å². The lowest BCUT2D eigenvalue weighted by Gasteiger charge is -2.33. The Hall–Kier alpha value is -4.44. The van der Waals surface area contributed by atoms with E-state index >= 15 is 0 Å². The van der Waals surface area contributed by atoms with Gasteiger partial charge in [-0.1, -0.05) is 60.7 Å². The Kier molecular flexibility index (Phi) is 7.09. The van der Waals surface area contributed by atoms with Crippen molar-refractivity contribution in [2.75, 3.05) is 23.3 Å². The highest BCUT2D eigenvalue weighted by Crippen LogP contribution is 2.36. The van der Waals surface area contributed by atoms with Gasteiger partial charge in [0.2, 0.25) is 0 Å². The molecule has 2 heterocycles. The van der Waals surface area contributed by atoms with Crippen LogP contribution in [0.2, 0.25) is 0 Å². The molecule has 4 heteroatoms. The highest BCUT2D eigenvalue weighted by Gasteiger charge is 2.23. The van der Waals surface area contributed by atoms with E-state index in [1.807, 2.05) is 24.3 Å². The van der Waals surface area contributed by atoms with E-state index in [1.165, 1.54) is 44.8 Å². The summed E-state index contributed by atoms with van der Waals surface area (Å²) in [6, 6.07) is 30.1. The van der Waals surface area contributed by atoms with Crippen LogP contribution in [0, 0.1) is 0 Å². The van der Waals surface area contributed by atoms with Crippen LogP contribution in [0.3, 0.4) is 0 Å². The molecule has 4 aromatic carbocycles. The molecule has 4 nitrogen and oxygen atoms in total. The zero-order valence-corrected chi connectivity index (χ0v) is 22.3. The normalized spacial score (nSPS) is 14.1. The number of rotatable bonds is 8. The Morgan fingerprint density at radius 1 is 0.615 bits per heavy atom. The van der Waals surface area contributed by atoms with Crippen molar-refractivity contribution in [3.63, 3.8) is 0 Å². The predicted molar refractivity (Wildman–Crippen MR) is 160 cm³/mol. The third-order valence-corrected chi connectivity index (χ3v) is 7.44. The molecule has 0 saturated carbocycles. The summed E-state index contributed by atoms with van der Waals surface area (Å²) in [7, 11) is 0. The maximum atomic E-state index is 6.30. The van der Waals surface area contributed by atoms with Gasteiger partial charge in [-0.25, -0.2) is 0 Å². The third-order valence-electron chi connectivity index (χ3n) is 7.44. The maximum Gasteiger partial charge on any atom is 0.161 e. The summed E-state index contributed by atoms with van der Waals surface area (Å²) < 4.78 is 12.6. The average Bonchev–Trinajstić information content (AvgIpc) is 2.98. The van der Waals surface area contributed by atoms with E-state index in [4.69, 9.17) is 9.47 Å². The Labute approximate surface area is 231 Å². The summed E-state index contributed by atoms with van der Waals surface area (Å²) in [5, 5.41) is 0. The Morgan fingerprint density at radius 3 is 1.46 bits per heavy atom. The number of ether oxygens (including phenoxy) is 2. The van der Waals surface area contributed by atoms with Crippen LogP contribution in [0.1, 0.15) is 33.4 Å². The van der Waals surface area contributed by atoms with Gasteiger partial charge >= 0.3 is 0 Å². The van der Waals surface area contributed by atoms with Crippen molar-refractivity contribution in [1.82, 2.24) is 0 Å². The fourth-order valence-electron chi connectivity index (χ4n) is 5.71. The van der Waals surface area contributed by atoms with Gasteiger partial charge in [0.25, 0.3) is 0 Å². The molecule has 0 aliphatic carbocycles. The number of benzene rings is 4. The van der Waals surface area contributed by atoms with Gasteiger partial charge in [-0.3, -0.25) is 0 Å². The lowest BCUT2D eigenvalue weighted by Crippen LogP contribution is -2.32. The van der Waals surface area contributed by atoms with Crippen LogP contribution in [0.5, 0.6) is 11.5 Å². The van der Waals surface area contributed by atoms with Crippen LogP contribution in [-0.4, -0.2) is 13.5 Å². The summed E-state index contributed by atoms with van der Waals surface area (Å²) in [6.45, 7) is 10.7. The van der Waals surface area contributed by atoms with Gasteiger partial charge in [-0.15, -0.1) is 13.2 Å². The summed E-state index contributed by atoms with van der Waals surface area (Å²) in [5.74, 6) is 2.02. The minimum absolute atomic E-state index is 0.550. The Bertz CT molecular complexity index is 1370. The lowest BCUT2D eigenvalue weighted by atomic mass is 9.93. The molecule has 0 amide bonds. The first kappa shape index (κ1) is 24.9. The van der Waals surface area contributed by atoms with Gasteiger partial charge in [0.1, 0.15) is 11.5 Å². The average molecular weight is 515 g/mol. The van der Waals surface area contributed by atoms with E-state index in [9.17, 15) is 0 Å². The van der Waals surface area contributed by atoms with E-state index < -0.39 is 0 Å². The first-order valence-electron chi connectivity index (χ1n) is 13.6. The van der Waals surface area contributed by atoms with E-state index in [-0.39, 0.29) is 0 Å². The quantitative estimate of drug-likeness (QED) is 0.228. The number of nitrogens with zero attached hydrogens (tertiary/aromatic N) is 2. The molecular weight excluding hydrogens is 480 g/mol. The SMILES string of the molecule is C=CCc1cc(Cc2cc(CC=C)c3c(c2)CN(c2ccccc2)CO3)cc2c1OCN(c1ccccc1)C2. The fraction of sp³-hybridized carbons (Fsp3) is 0.200. The predicted octanol–water partition coefficient (Wildman–Crippen LogP) is 7.45. The number of hydrogen-bond donors (Lipinski definition) is 0. The number of para-hydroxylation sites is 2. The van der Waals surface area contributed by atoms with Gasteiger partial charge in [0.15, 0.2) is 13.5 Å². The van der Waals surface area contributed by atoms with Gasteiger partial charge < -0.3 is 19.3 Å². The maximum absolute atomic E-state index is 6.30. The Morgan fingerprint density at radius 2 is 1.05 bits per heavy atom. The van der Waals surface area contributed by atoms with Crippen molar-refractivity contribution < 1.29 is 9.47 Å². The summed E-state index contributed by atoms with van der Waals surface area (Å²) in [6.07, 6.45) is 6.33. The minimum Gasteiger partial charge on any atom is -0.472 e. The summed E-state index contributed by atoms with van der Waals surface area (Å²) >= 11 is 0. The highest BCUT2D eigenvalue weighted by atomic mass is 16.5. The van der Waals surface area contributed by atoms with Crippen LogP contribution in [0.25, 0.3) is 0 Å². The number of anilines is 2. The molecule has 0 spiro atoms. The van der Waals surface area contributed by atoms with Crippen LogP contribution in [-0.2, 0) is 32.4 Å². The number of fused-ring (bicyclic) bond motifs is 2. The largest absolute Gasteiger partial charge is 0.472 e.